The molecule has 0 saturated heterocycles. The summed E-state index contributed by atoms with van der Waals surface area (Å²) in [5, 5.41) is 14.6. The monoisotopic (exact) mass is 774 g/mol. The van der Waals surface area contributed by atoms with Crippen molar-refractivity contribution in [3.63, 3.8) is 0 Å². The fourth-order valence-corrected chi connectivity index (χ4v) is 6.44. The highest BCUT2D eigenvalue weighted by Crippen LogP contribution is 2.51. The Morgan fingerprint density at radius 3 is 1.41 bits per heavy atom. The van der Waals surface area contributed by atoms with Gasteiger partial charge in [-0.25, -0.2) is 4.57 Å². The van der Waals surface area contributed by atoms with E-state index in [1.807, 2.05) is 60.7 Å². The predicted molar refractivity (Wildman–Crippen MR) is 207 cm³/mol. The normalized spacial score (nSPS) is 12.9. The van der Waals surface area contributed by atoms with Crippen LogP contribution in [0.1, 0.15) is 11.1 Å². The first-order valence-electron chi connectivity index (χ1n) is 17.3. The number of aromatic hydroxyl groups is 1. The van der Waals surface area contributed by atoms with Crippen molar-refractivity contribution < 1.29 is 51.8 Å². The lowest BCUT2D eigenvalue weighted by Gasteiger charge is -2.19. The Labute approximate surface area is 321 Å². The van der Waals surface area contributed by atoms with Crippen LogP contribution in [0.2, 0.25) is 0 Å². The number of carbonyl (C=O) groups excluding carboxylic acids is 2. The summed E-state index contributed by atoms with van der Waals surface area (Å²) in [4.78, 5) is 22.6. The Bertz CT molecular complexity index is 2280. The van der Waals surface area contributed by atoms with Crippen LogP contribution in [0.4, 0.5) is 11.4 Å². The van der Waals surface area contributed by atoms with Gasteiger partial charge in [-0.3, -0.25) is 18.6 Å². The van der Waals surface area contributed by atoms with Crippen LogP contribution in [0.25, 0.3) is 0 Å². The molecule has 2 aliphatic heterocycles. The molecule has 0 saturated carbocycles. The quantitative estimate of drug-likeness (QED) is 0.102. The number of hydrogen-bond donors (Lipinski definition) is 3. The second kappa shape index (κ2) is 17.6. The van der Waals surface area contributed by atoms with Crippen molar-refractivity contribution in [1.29, 1.82) is 0 Å². The Balaban J connectivity index is 0.000000211. The lowest BCUT2D eigenvalue weighted by Crippen LogP contribution is -2.25. The highest BCUT2D eigenvalue weighted by Gasteiger charge is 2.29. The molecule has 6 aromatic rings. The molecule has 8 rings (SSSR count). The van der Waals surface area contributed by atoms with Gasteiger partial charge in [0.1, 0.15) is 46.0 Å². The SMILES string of the molecule is O=C1COc2cc(Oc3ccc(O)cc3)ccc2N1.O=C1COc2cc(Oc3ccc(OP(=O)(OCc4ccccc4)OCc4ccccc4)cc3)ccc2N1. The van der Waals surface area contributed by atoms with Gasteiger partial charge in [0, 0.05) is 12.1 Å². The van der Waals surface area contributed by atoms with Gasteiger partial charge in [-0.05, 0) is 83.9 Å². The van der Waals surface area contributed by atoms with Crippen LogP contribution in [-0.2, 0) is 36.4 Å². The lowest BCUT2D eigenvalue weighted by atomic mass is 10.2. The topological polar surface area (TPSA) is 160 Å². The number of phosphoric ester groups is 1. The first-order valence-corrected chi connectivity index (χ1v) is 18.8. The summed E-state index contributed by atoms with van der Waals surface area (Å²) < 4.78 is 52.8. The summed E-state index contributed by atoms with van der Waals surface area (Å²) in [5.74, 6) is 3.49. The number of phosphoric acid groups is 1. The van der Waals surface area contributed by atoms with Gasteiger partial charge in [0.15, 0.2) is 13.2 Å². The van der Waals surface area contributed by atoms with Crippen molar-refractivity contribution in [3.8, 4) is 46.0 Å². The van der Waals surface area contributed by atoms with E-state index in [-0.39, 0.29) is 44.0 Å². The maximum Gasteiger partial charge on any atom is 0.530 e. The van der Waals surface area contributed by atoms with Crippen molar-refractivity contribution in [2.45, 2.75) is 13.2 Å². The summed E-state index contributed by atoms with van der Waals surface area (Å²) in [6.07, 6.45) is 0. The molecule has 0 unspecified atom stereocenters. The zero-order valence-corrected chi connectivity index (χ0v) is 30.6. The second-order valence-corrected chi connectivity index (χ2v) is 13.8. The van der Waals surface area contributed by atoms with Gasteiger partial charge in [-0.15, -0.1) is 0 Å². The zero-order chi connectivity index (χ0) is 38.7. The molecule has 0 spiro atoms. The molecular weight excluding hydrogens is 739 g/mol. The molecule has 2 amide bonds. The van der Waals surface area contributed by atoms with E-state index in [9.17, 15) is 19.3 Å². The largest absolute Gasteiger partial charge is 0.530 e. The van der Waals surface area contributed by atoms with Crippen LogP contribution < -0.4 is 34.1 Å². The number of fused-ring (bicyclic) bond motifs is 2. The molecule has 0 aromatic heterocycles. The smallest absolute Gasteiger partial charge is 0.508 e. The van der Waals surface area contributed by atoms with E-state index >= 15 is 0 Å². The van der Waals surface area contributed by atoms with Gasteiger partial charge in [0.25, 0.3) is 11.8 Å². The van der Waals surface area contributed by atoms with E-state index < -0.39 is 7.82 Å². The van der Waals surface area contributed by atoms with Crippen LogP contribution in [0.3, 0.4) is 0 Å². The minimum atomic E-state index is -3.96. The molecular formula is C42H35N2O11P. The minimum absolute atomic E-state index is 0.00959. The molecule has 14 heteroatoms. The summed E-state index contributed by atoms with van der Waals surface area (Å²) >= 11 is 0. The van der Waals surface area contributed by atoms with Crippen molar-refractivity contribution in [1.82, 2.24) is 0 Å². The van der Waals surface area contributed by atoms with Crippen LogP contribution in [0.15, 0.2) is 146 Å². The van der Waals surface area contributed by atoms with Crippen LogP contribution in [0.5, 0.6) is 46.0 Å². The molecule has 0 fully saturated rings. The highest BCUT2D eigenvalue weighted by atomic mass is 31.2. The molecule has 0 bridgehead atoms. The van der Waals surface area contributed by atoms with E-state index in [2.05, 4.69) is 10.6 Å². The third kappa shape index (κ3) is 10.5. The third-order valence-electron chi connectivity index (χ3n) is 7.99. The number of amides is 2. The standard InChI is InChI=1S/C28H24NO7P.C14H11NO4/c30-28-20-32-27-17-25(15-16-26(27)29-28)35-23-11-13-24(14-12-23)36-37(31,33-18-21-7-3-1-4-8-21)34-19-22-9-5-2-6-10-22;16-9-1-3-10(4-2-9)19-11-5-6-12-13(7-11)18-8-14(17)15-12/h1-17H,18-20H2,(H,29,30);1-7,16H,8H2,(H,15,17). The average molecular weight is 775 g/mol. The minimum Gasteiger partial charge on any atom is -0.508 e. The number of phenolic OH excluding ortho intramolecular Hbond substituents is 1. The number of phenols is 1. The van der Waals surface area contributed by atoms with E-state index in [1.54, 1.807) is 84.9 Å². The summed E-state index contributed by atoms with van der Waals surface area (Å²) in [5.41, 5.74) is 2.90. The molecule has 56 heavy (non-hydrogen) atoms. The molecule has 13 nitrogen and oxygen atoms in total. The Morgan fingerprint density at radius 2 is 0.946 bits per heavy atom. The maximum atomic E-state index is 13.5. The van der Waals surface area contributed by atoms with Crippen molar-refractivity contribution >= 4 is 31.0 Å². The van der Waals surface area contributed by atoms with E-state index in [0.29, 0.717) is 51.6 Å². The zero-order valence-electron chi connectivity index (χ0n) is 29.7. The first kappa shape index (κ1) is 37.5. The van der Waals surface area contributed by atoms with Gasteiger partial charge >= 0.3 is 7.82 Å². The summed E-state index contributed by atoms with van der Waals surface area (Å²) in [6, 6.07) is 42.1. The van der Waals surface area contributed by atoms with Crippen LogP contribution in [0, 0.1) is 0 Å². The molecule has 0 aliphatic carbocycles. The second-order valence-electron chi connectivity index (χ2n) is 12.2. The van der Waals surface area contributed by atoms with Gasteiger partial charge in [0.05, 0.1) is 24.6 Å². The van der Waals surface area contributed by atoms with Gasteiger partial charge in [-0.1, -0.05) is 60.7 Å². The number of carbonyl (C=O) groups is 2. The highest BCUT2D eigenvalue weighted by molar-refractivity contribution is 7.48. The Hall–Kier alpha value is -6.79. The predicted octanol–water partition coefficient (Wildman–Crippen LogP) is 9.25. The van der Waals surface area contributed by atoms with E-state index in [4.69, 9.17) is 32.5 Å². The summed E-state index contributed by atoms with van der Waals surface area (Å²) in [6.45, 7) is 0.0980. The molecule has 284 valence electrons. The average Bonchev–Trinajstić information content (AvgIpc) is 3.22. The molecule has 0 atom stereocenters. The number of hydrogen-bond acceptors (Lipinski definition) is 11. The maximum absolute atomic E-state index is 13.5. The van der Waals surface area contributed by atoms with Gasteiger partial charge < -0.3 is 39.2 Å². The van der Waals surface area contributed by atoms with Crippen molar-refractivity contribution in [3.05, 3.63) is 157 Å². The first-order chi connectivity index (χ1) is 27.2. The fraction of sp³-hybridized carbons (Fsp3) is 0.0952. The fourth-order valence-electron chi connectivity index (χ4n) is 5.27. The number of ether oxygens (including phenoxy) is 4. The molecule has 2 aliphatic rings. The number of benzene rings is 6. The molecule has 3 N–H and O–H groups in total. The molecule has 6 aromatic carbocycles. The summed E-state index contributed by atoms with van der Waals surface area (Å²) in [7, 11) is -3.96. The number of nitrogens with one attached hydrogen (secondary N) is 2. The van der Waals surface area contributed by atoms with Crippen LogP contribution >= 0.6 is 7.82 Å². The van der Waals surface area contributed by atoms with Gasteiger partial charge in [-0.2, -0.15) is 0 Å². The molecule has 2 heterocycles. The van der Waals surface area contributed by atoms with Gasteiger partial charge in [0.2, 0.25) is 0 Å². The van der Waals surface area contributed by atoms with Crippen molar-refractivity contribution in [2.24, 2.45) is 0 Å². The number of rotatable bonds is 12. The van der Waals surface area contributed by atoms with Crippen LogP contribution in [-0.4, -0.2) is 30.1 Å². The van der Waals surface area contributed by atoms with E-state index in [0.717, 1.165) is 11.1 Å². The van der Waals surface area contributed by atoms with E-state index in [1.165, 1.54) is 0 Å². The van der Waals surface area contributed by atoms with Crippen molar-refractivity contribution in [2.75, 3.05) is 23.8 Å². The third-order valence-corrected chi connectivity index (χ3v) is 9.31. The number of anilines is 2. The Kier molecular flexibility index (Phi) is 11.8. The lowest BCUT2D eigenvalue weighted by molar-refractivity contribution is -0.119. The molecule has 0 radical (unpaired) electrons. The Morgan fingerprint density at radius 1 is 0.536 bits per heavy atom.